The number of allylic oxidation sites excluding steroid dienone is 14. The van der Waals surface area contributed by atoms with Gasteiger partial charge in [0.25, 0.3) is 0 Å². The third kappa shape index (κ3) is 63.4. The van der Waals surface area contributed by atoms with E-state index in [1.807, 2.05) is 0 Å². The molecule has 0 aliphatic heterocycles. The smallest absolute Gasteiger partial charge is 0.306 e. The van der Waals surface area contributed by atoms with Crippen LogP contribution in [-0.2, 0) is 28.6 Å². The second-order valence-corrected chi connectivity index (χ2v) is 22.3. The van der Waals surface area contributed by atoms with E-state index in [1.165, 1.54) is 173 Å². The predicted octanol–water partition coefficient (Wildman–Crippen LogP) is 23.1. The number of unbranched alkanes of at least 4 members (excludes halogenated alkanes) is 36. The van der Waals surface area contributed by atoms with Gasteiger partial charge in [-0.3, -0.25) is 14.4 Å². The minimum absolute atomic E-state index is 0.0897. The van der Waals surface area contributed by atoms with Gasteiger partial charge in [-0.25, -0.2) is 0 Å². The first-order chi connectivity index (χ1) is 38.5. The molecule has 0 saturated heterocycles. The molecule has 0 N–H and O–H groups in total. The van der Waals surface area contributed by atoms with Crippen LogP contribution >= 0.6 is 0 Å². The van der Waals surface area contributed by atoms with Crippen LogP contribution < -0.4 is 0 Å². The van der Waals surface area contributed by atoms with E-state index in [2.05, 4.69) is 106 Å². The first kappa shape index (κ1) is 74.6. The summed E-state index contributed by atoms with van der Waals surface area (Å²) in [5, 5.41) is 0. The predicted molar refractivity (Wildman–Crippen MR) is 339 cm³/mol. The molecule has 0 fully saturated rings. The largest absolute Gasteiger partial charge is 0.462 e. The Hall–Kier alpha value is -3.41. The van der Waals surface area contributed by atoms with Gasteiger partial charge in [0, 0.05) is 19.3 Å². The van der Waals surface area contributed by atoms with Crippen LogP contribution in [0.1, 0.15) is 335 Å². The Labute approximate surface area is 484 Å². The van der Waals surface area contributed by atoms with Crippen molar-refractivity contribution in [1.29, 1.82) is 0 Å². The van der Waals surface area contributed by atoms with Crippen molar-refractivity contribution < 1.29 is 28.6 Å². The van der Waals surface area contributed by atoms with Crippen LogP contribution in [-0.4, -0.2) is 37.2 Å². The van der Waals surface area contributed by atoms with Crippen LogP contribution in [0, 0.1) is 0 Å². The number of carbonyl (C=O) groups is 3. The zero-order chi connectivity index (χ0) is 56.4. The highest BCUT2D eigenvalue weighted by atomic mass is 16.6. The summed E-state index contributed by atoms with van der Waals surface area (Å²) in [6.45, 7) is 6.42. The fourth-order valence-corrected chi connectivity index (χ4v) is 9.69. The standard InChI is InChI=1S/C72H126O6/c1-4-7-10-13-16-19-22-25-27-29-31-32-33-34-35-36-37-38-39-41-42-44-47-50-53-56-59-62-65-71(74)77-68-69(67-76-70(73)64-61-58-55-52-49-46-24-21-18-15-12-9-6-3)78-72(75)66-63-60-57-54-51-48-45-43-40-30-28-26-23-20-17-14-11-8-5-2/h8-9,11-12,17-18,20-21,26,28,40,43,46,49,69H,4-7,10,13-16,19,22-25,27,29-39,41-42,44-45,47-48,50-68H2,1-3H3/b11-8-,12-9-,20-17-,21-18-,28-26-,43-40-,49-46-. The highest BCUT2D eigenvalue weighted by Crippen LogP contribution is 2.18. The van der Waals surface area contributed by atoms with Crippen LogP contribution in [0.2, 0.25) is 0 Å². The fraction of sp³-hybridized carbons (Fsp3) is 0.764. The van der Waals surface area contributed by atoms with Crippen molar-refractivity contribution in [2.24, 2.45) is 0 Å². The van der Waals surface area contributed by atoms with Gasteiger partial charge in [0.2, 0.25) is 0 Å². The maximum atomic E-state index is 12.9. The molecule has 0 amide bonds. The molecule has 78 heavy (non-hydrogen) atoms. The highest BCUT2D eigenvalue weighted by molar-refractivity contribution is 5.71. The maximum absolute atomic E-state index is 12.9. The molecule has 0 aromatic heterocycles. The van der Waals surface area contributed by atoms with Crippen LogP contribution in [0.4, 0.5) is 0 Å². The molecule has 6 heteroatoms. The van der Waals surface area contributed by atoms with Crippen LogP contribution in [0.15, 0.2) is 85.1 Å². The molecule has 0 aromatic carbocycles. The number of carbonyl (C=O) groups excluding carboxylic acids is 3. The molecule has 0 heterocycles. The van der Waals surface area contributed by atoms with E-state index in [0.29, 0.717) is 19.3 Å². The summed E-state index contributed by atoms with van der Waals surface area (Å²) in [5.41, 5.74) is 0. The molecule has 0 rings (SSSR count). The zero-order valence-electron chi connectivity index (χ0n) is 51.7. The average molecular weight is 1090 g/mol. The lowest BCUT2D eigenvalue weighted by Gasteiger charge is -2.18. The van der Waals surface area contributed by atoms with Gasteiger partial charge in [0.15, 0.2) is 6.10 Å². The van der Waals surface area contributed by atoms with Gasteiger partial charge in [-0.15, -0.1) is 0 Å². The minimum Gasteiger partial charge on any atom is -0.462 e. The number of ether oxygens (including phenoxy) is 3. The van der Waals surface area contributed by atoms with Gasteiger partial charge in [-0.05, 0) is 89.9 Å². The lowest BCUT2D eigenvalue weighted by molar-refractivity contribution is -0.167. The summed E-state index contributed by atoms with van der Waals surface area (Å²) in [6.07, 6.45) is 87.6. The molecule has 0 bridgehead atoms. The average Bonchev–Trinajstić information content (AvgIpc) is 3.44. The van der Waals surface area contributed by atoms with E-state index in [-0.39, 0.29) is 31.1 Å². The van der Waals surface area contributed by atoms with Gasteiger partial charge >= 0.3 is 17.9 Å². The third-order valence-electron chi connectivity index (χ3n) is 14.6. The Morgan fingerprint density at radius 3 is 0.795 bits per heavy atom. The summed E-state index contributed by atoms with van der Waals surface area (Å²) in [5.74, 6) is -0.921. The Balaban J connectivity index is 4.25. The van der Waals surface area contributed by atoms with Gasteiger partial charge < -0.3 is 14.2 Å². The van der Waals surface area contributed by atoms with E-state index in [4.69, 9.17) is 14.2 Å². The van der Waals surface area contributed by atoms with Crippen molar-refractivity contribution in [2.45, 2.75) is 341 Å². The quantitative estimate of drug-likeness (QED) is 0.0261. The number of esters is 3. The first-order valence-electron chi connectivity index (χ1n) is 33.6. The summed E-state index contributed by atoms with van der Waals surface area (Å²) < 4.78 is 16.9. The molecule has 1 atom stereocenters. The maximum Gasteiger partial charge on any atom is 0.306 e. The summed E-state index contributed by atoms with van der Waals surface area (Å²) >= 11 is 0. The number of hydrogen-bond acceptors (Lipinski definition) is 6. The number of hydrogen-bond donors (Lipinski definition) is 0. The lowest BCUT2D eigenvalue weighted by atomic mass is 10.0. The third-order valence-corrected chi connectivity index (χ3v) is 14.6. The first-order valence-corrected chi connectivity index (χ1v) is 33.6. The summed E-state index contributed by atoms with van der Waals surface area (Å²) in [7, 11) is 0. The highest BCUT2D eigenvalue weighted by Gasteiger charge is 2.19. The van der Waals surface area contributed by atoms with Gasteiger partial charge in [-0.1, -0.05) is 311 Å². The minimum atomic E-state index is -0.797. The molecule has 0 saturated carbocycles. The summed E-state index contributed by atoms with van der Waals surface area (Å²) in [4.78, 5) is 38.3. The monoisotopic (exact) mass is 1090 g/mol. The van der Waals surface area contributed by atoms with E-state index in [1.54, 1.807) is 0 Å². The molecular formula is C72H126O6. The van der Waals surface area contributed by atoms with Crippen LogP contribution in [0.25, 0.3) is 0 Å². The molecule has 1 unspecified atom stereocenters. The van der Waals surface area contributed by atoms with Crippen LogP contribution in [0.5, 0.6) is 0 Å². The van der Waals surface area contributed by atoms with Crippen molar-refractivity contribution in [3.05, 3.63) is 85.1 Å². The van der Waals surface area contributed by atoms with Gasteiger partial charge in [-0.2, -0.15) is 0 Å². The van der Waals surface area contributed by atoms with E-state index in [0.717, 1.165) is 122 Å². The van der Waals surface area contributed by atoms with E-state index < -0.39 is 6.10 Å². The van der Waals surface area contributed by atoms with Crippen molar-refractivity contribution >= 4 is 17.9 Å². The SMILES string of the molecule is CC/C=C\C/C=C\C/C=C\C/C=C\CCCCCCCCC(=O)OC(COC(=O)CCCCC/C=C\C/C=C\C/C=C\CC)COC(=O)CCCCCCCCCCCCCCCCCCCCCCCCCCCCCC. The van der Waals surface area contributed by atoms with Crippen LogP contribution in [0.3, 0.4) is 0 Å². The molecule has 0 spiro atoms. The Morgan fingerprint density at radius 1 is 0.269 bits per heavy atom. The second kappa shape index (κ2) is 66.1. The summed E-state index contributed by atoms with van der Waals surface area (Å²) in [6, 6.07) is 0. The zero-order valence-corrected chi connectivity index (χ0v) is 51.7. The van der Waals surface area contributed by atoms with Gasteiger partial charge in [0.1, 0.15) is 13.2 Å². The number of rotatable bonds is 61. The van der Waals surface area contributed by atoms with Crippen molar-refractivity contribution in [1.82, 2.24) is 0 Å². The fourth-order valence-electron chi connectivity index (χ4n) is 9.69. The second-order valence-electron chi connectivity index (χ2n) is 22.3. The normalized spacial score (nSPS) is 12.6. The topological polar surface area (TPSA) is 78.9 Å². The Kier molecular flexibility index (Phi) is 63.2. The molecule has 0 radical (unpaired) electrons. The molecule has 450 valence electrons. The van der Waals surface area contributed by atoms with Gasteiger partial charge in [0.05, 0.1) is 0 Å². The molecule has 0 aliphatic rings. The van der Waals surface area contributed by atoms with E-state index >= 15 is 0 Å². The van der Waals surface area contributed by atoms with Crippen molar-refractivity contribution in [2.75, 3.05) is 13.2 Å². The van der Waals surface area contributed by atoms with Crippen molar-refractivity contribution in [3.8, 4) is 0 Å². The van der Waals surface area contributed by atoms with Crippen molar-refractivity contribution in [3.63, 3.8) is 0 Å². The van der Waals surface area contributed by atoms with E-state index in [9.17, 15) is 14.4 Å². The lowest BCUT2D eigenvalue weighted by Crippen LogP contribution is -2.30. The molecular weight excluding hydrogens is 961 g/mol. The Morgan fingerprint density at radius 2 is 0.500 bits per heavy atom. The molecule has 0 aromatic rings. The molecule has 6 nitrogen and oxygen atoms in total. The Bertz CT molecular complexity index is 1480. The molecule has 0 aliphatic carbocycles.